The molecule has 3 aromatic rings. The van der Waals surface area contributed by atoms with E-state index in [1.165, 1.54) is 4.90 Å². The van der Waals surface area contributed by atoms with Gasteiger partial charge in [0.05, 0.1) is 5.75 Å². The zero-order chi connectivity index (χ0) is 31.4. The lowest BCUT2D eigenvalue weighted by atomic mass is 9.98. The standard InChI is InChI=1S/C33H33N3O7S/c1-33(2,3)43-32(41)35-24(20-13-7-4-8-14-20)28(38)34-25-29(39)36-26(23(37)19-44-30(25)36)31(40)42-27(21-15-9-5-10-16-21)22-17-11-6-12-18-22/h4-18,24-27,30H,19H2,1-3H3,(H,34,38)(H,35,41)/t24?,25-,26-,30+/m1/s1. The van der Waals surface area contributed by atoms with Crippen molar-refractivity contribution in [3.63, 3.8) is 0 Å². The molecule has 5 rings (SSSR count). The minimum atomic E-state index is -1.44. The first-order chi connectivity index (χ1) is 21.0. The smallest absolute Gasteiger partial charge is 0.408 e. The van der Waals surface area contributed by atoms with Gasteiger partial charge in [0.1, 0.15) is 23.1 Å². The lowest BCUT2D eigenvalue weighted by Crippen LogP contribution is -2.76. The Morgan fingerprint density at radius 3 is 1.89 bits per heavy atom. The normalized spacial score (nSPS) is 20.2. The van der Waals surface area contributed by atoms with Crippen LogP contribution in [0.3, 0.4) is 0 Å². The largest absolute Gasteiger partial charge is 0.451 e. The summed E-state index contributed by atoms with van der Waals surface area (Å²) in [5, 5.41) is 4.62. The fraction of sp³-hybridized carbons (Fsp3) is 0.303. The number of esters is 1. The van der Waals surface area contributed by atoms with Crippen LogP contribution in [-0.2, 0) is 28.7 Å². The third kappa shape index (κ3) is 6.78. The number of amides is 3. The molecule has 2 fully saturated rings. The molecule has 2 saturated heterocycles. The highest BCUT2D eigenvalue weighted by molar-refractivity contribution is 8.00. The fourth-order valence-electron chi connectivity index (χ4n) is 5.09. The van der Waals surface area contributed by atoms with Crippen LogP contribution in [0.15, 0.2) is 91.0 Å². The molecule has 0 bridgehead atoms. The number of ether oxygens (including phenoxy) is 2. The van der Waals surface area contributed by atoms with E-state index in [1.807, 2.05) is 60.7 Å². The van der Waals surface area contributed by atoms with Gasteiger partial charge in [-0.3, -0.25) is 14.4 Å². The summed E-state index contributed by atoms with van der Waals surface area (Å²) in [5.74, 6) is -2.57. The Bertz CT molecular complexity index is 1490. The average molecular weight is 616 g/mol. The number of benzene rings is 3. The highest BCUT2D eigenvalue weighted by Crippen LogP contribution is 2.38. The molecule has 10 nitrogen and oxygen atoms in total. The third-order valence-electron chi connectivity index (χ3n) is 7.08. The Kier molecular flexibility index (Phi) is 9.05. The quantitative estimate of drug-likeness (QED) is 0.222. The average Bonchev–Trinajstić information content (AvgIpc) is 3.01. The van der Waals surface area contributed by atoms with Crippen LogP contribution >= 0.6 is 11.8 Å². The van der Waals surface area contributed by atoms with Crippen molar-refractivity contribution in [2.75, 3.05) is 5.75 Å². The topological polar surface area (TPSA) is 131 Å². The molecule has 2 aliphatic heterocycles. The number of hydrogen-bond donors (Lipinski definition) is 2. The van der Waals surface area contributed by atoms with E-state index in [0.717, 1.165) is 11.8 Å². The second kappa shape index (κ2) is 12.9. The SMILES string of the molecule is CC(C)(C)OC(=O)NC(C(=O)N[C@@H]1C(=O)N2[C@@H](C(=O)OC(c3ccccc3)c3ccccc3)C(=O)CS[C@@H]12)c1ccccc1. The lowest BCUT2D eigenvalue weighted by molar-refractivity contribution is -0.170. The van der Waals surface area contributed by atoms with E-state index in [1.54, 1.807) is 51.1 Å². The highest BCUT2D eigenvalue weighted by Gasteiger charge is 2.58. The maximum atomic E-state index is 13.6. The van der Waals surface area contributed by atoms with E-state index in [0.29, 0.717) is 16.7 Å². The number of fused-ring (bicyclic) bond motifs is 1. The molecule has 0 aliphatic carbocycles. The number of ketones is 1. The van der Waals surface area contributed by atoms with Crippen LogP contribution in [0, 0.1) is 0 Å². The number of alkyl carbamates (subject to hydrolysis) is 1. The maximum Gasteiger partial charge on any atom is 0.408 e. The number of Topliss-reactive ketones (excluding diaryl/α,β-unsaturated/α-hetero) is 1. The molecule has 2 aliphatic rings. The van der Waals surface area contributed by atoms with Crippen molar-refractivity contribution in [2.45, 2.75) is 56.0 Å². The Balaban J connectivity index is 1.32. The number of nitrogens with one attached hydrogen (secondary N) is 2. The zero-order valence-corrected chi connectivity index (χ0v) is 25.3. The number of carbonyl (C=O) groups excluding carboxylic acids is 5. The number of carbonyl (C=O) groups is 5. The molecular weight excluding hydrogens is 582 g/mol. The van der Waals surface area contributed by atoms with Crippen LogP contribution in [0.4, 0.5) is 4.79 Å². The number of β-lactam (4-membered cyclic amide) rings is 1. The predicted octanol–water partition coefficient (Wildman–Crippen LogP) is 3.92. The molecule has 44 heavy (non-hydrogen) atoms. The summed E-state index contributed by atoms with van der Waals surface area (Å²) < 4.78 is 11.3. The highest BCUT2D eigenvalue weighted by atomic mass is 32.2. The van der Waals surface area contributed by atoms with Crippen molar-refractivity contribution in [2.24, 2.45) is 0 Å². The molecule has 228 valence electrons. The van der Waals surface area contributed by atoms with Gasteiger partial charge in [-0.25, -0.2) is 9.59 Å². The Morgan fingerprint density at radius 2 is 1.36 bits per heavy atom. The molecular formula is C33H33N3O7S. The van der Waals surface area contributed by atoms with Gasteiger partial charge in [0.25, 0.3) is 0 Å². The molecule has 2 heterocycles. The molecule has 0 radical (unpaired) electrons. The van der Waals surface area contributed by atoms with Crippen LogP contribution in [0.2, 0.25) is 0 Å². The van der Waals surface area contributed by atoms with Gasteiger partial charge in [-0.2, -0.15) is 0 Å². The molecule has 4 atom stereocenters. The van der Waals surface area contributed by atoms with E-state index in [4.69, 9.17) is 9.47 Å². The molecule has 11 heteroatoms. The first-order valence-electron chi connectivity index (χ1n) is 14.2. The Morgan fingerprint density at radius 1 is 0.841 bits per heavy atom. The molecule has 0 saturated carbocycles. The zero-order valence-electron chi connectivity index (χ0n) is 24.5. The minimum absolute atomic E-state index is 0.0415. The van der Waals surface area contributed by atoms with Gasteiger partial charge in [-0.1, -0.05) is 91.0 Å². The monoisotopic (exact) mass is 615 g/mol. The first kappa shape index (κ1) is 30.8. The van der Waals surface area contributed by atoms with Crippen molar-refractivity contribution < 1.29 is 33.4 Å². The van der Waals surface area contributed by atoms with Crippen LogP contribution < -0.4 is 10.6 Å². The van der Waals surface area contributed by atoms with Crippen molar-refractivity contribution in [3.05, 3.63) is 108 Å². The third-order valence-corrected chi connectivity index (χ3v) is 8.37. The molecule has 1 unspecified atom stereocenters. The van der Waals surface area contributed by atoms with Gasteiger partial charge >= 0.3 is 12.1 Å². The molecule has 0 aromatic heterocycles. The first-order valence-corrected chi connectivity index (χ1v) is 15.2. The second-order valence-electron chi connectivity index (χ2n) is 11.4. The summed E-state index contributed by atoms with van der Waals surface area (Å²) in [6.45, 7) is 5.12. The Hall–Kier alpha value is -4.64. The van der Waals surface area contributed by atoms with Crippen LogP contribution in [-0.4, -0.2) is 63.4 Å². The summed E-state index contributed by atoms with van der Waals surface area (Å²) in [5.41, 5.74) is 1.12. The summed E-state index contributed by atoms with van der Waals surface area (Å²) >= 11 is 1.16. The molecule has 0 spiro atoms. The van der Waals surface area contributed by atoms with Crippen molar-refractivity contribution in [3.8, 4) is 0 Å². The number of hydrogen-bond acceptors (Lipinski definition) is 8. The molecule has 3 aromatic carbocycles. The van der Waals surface area contributed by atoms with Crippen LogP contribution in [0.1, 0.15) is 49.6 Å². The van der Waals surface area contributed by atoms with Gasteiger partial charge in [-0.05, 0) is 37.5 Å². The number of nitrogens with zero attached hydrogens (tertiary/aromatic N) is 1. The minimum Gasteiger partial charge on any atom is -0.451 e. The summed E-state index contributed by atoms with van der Waals surface area (Å²) in [6.07, 6.45) is -1.59. The van der Waals surface area contributed by atoms with Gasteiger partial charge in [0, 0.05) is 0 Å². The van der Waals surface area contributed by atoms with E-state index < -0.39 is 64.9 Å². The van der Waals surface area contributed by atoms with E-state index in [2.05, 4.69) is 10.6 Å². The van der Waals surface area contributed by atoms with E-state index in [9.17, 15) is 24.0 Å². The molecule has 3 amide bonds. The maximum absolute atomic E-state index is 13.6. The van der Waals surface area contributed by atoms with E-state index >= 15 is 0 Å². The van der Waals surface area contributed by atoms with Crippen LogP contribution in [0.25, 0.3) is 0 Å². The van der Waals surface area contributed by atoms with Gasteiger partial charge < -0.3 is 25.0 Å². The van der Waals surface area contributed by atoms with E-state index in [-0.39, 0.29) is 5.75 Å². The number of rotatable bonds is 8. The van der Waals surface area contributed by atoms with Crippen molar-refractivity contribution in [1.29, 1.82) is 0 Å². The summed E-state index contributed by atoms with van der Waals surface area (Å²) in [6, 6.07) is 23.2. The molecule has 2 N–H and O–H groups in total. The second-order valence-corrected chi connectivity index (χ2v) is 12.5. The summed E-state index contributed by atoms with van der Waals surface area (Å²) in [7, 11) is 0. The van der Waals surface area contributed by atoms with Gasteiger partial charge in [-0.15, -0.1) is 11.8 Å². The fourth-order valence-corrected chi connectivity index (χ4v) is 6.35. The predicted molar refractivity (Wildman–Crippen MR) is 163 cm³/mol. The van der Waals surface area contributed by atoms with Gasteiger partial charge in [0.2, 0.25) is 11.8 Å². The number of thioether (sulfide) groups is 1. The van der Waals surface area contributed by atoms with Crippen molar-refractivity contribution in [1.82, 2.24) is 15.5 Å². The van der Waals surface area contributed by atoms with Gasteiger partial charge in [0.15, 0.2) is 17.9 Å². The van der Waals surface area contributed by atoms with Crippen molar-refractivity contribution >= 4 is 41.4 Å². The van der Waals surface area contributed by atoms with Crippen LogP contribution in [0.5, 0.6) is 0 Å². The Labute approximate surface area is 259 Å². The summed E-state index contributed by atoms with van der Waals surface area (Å²) in [4.78, 5) is 67.2. The lowest BCUT2D eigenvalue weighted by Gasteiger charge is -2.51.